The maximum absolute atomic E-state index is 9.43. The fourth-order valence-electron chi connectivity index (χ4n) is 0. The van der Waals surface area contributed by atoms with Gasteiger partial charge in [0.25, 0.3) is 0 Å². The maximum Gasteiger partial charge on any atom is 0 e. The van der Waals surface area contributed by atoms with E-state index >= 15 is 0 Å². The van der Waals surface area contributed by atoms with Crippen LogP contribution < -0.4 is 0 Å². The third-order valence-electron chi connectivity index (χ3n) is 0.211. The Morgan fingerprint density at radius 2 is 1.83 bits per heavy atom. The van der Waals surface area contributed by atoms with E-state index < -0.39 is 0 Å². The molecule has 3 heteroatoms. The maximum atomic E-state index is 9.43. The summed E-state index contributed by atoms with van der Waals surface area (Å²) in [5.41, 5.74) is 0. The Labute approximate surface area is 69.0 Å². The summed E-state index contributed by atoms with van der Waals surface area (Å²) in [5, 5.41) is 0. The normalized spacial score (nSPS) is 5.67. The quantitative estimate of drug-likeness (QED) is 0.320. The zero-order valence-electron chi connectivity index (χ0n) is 3.43. The van der Waals surface area contributed by atoms with Crippen LogP contribution in [0.4, 0.5) is 0 Å². The second-order valence-electron chi connectivity index (χ2n) is 1.07. The Balaban J connectivity index is -0.0000000800. The topological polar surface area (TPSA) is 20.3 Å². The van der Waals surface area contributed by atoms with Crippen molar-refractivity contribution >= 4 is 44.1 Å². The van der Waals surface area contributed by atoms with Crippen LogP contribution in [-0.4, -0.2) is 63.1 Å². The summed E-state index contributed by atoms with van der Waals surface area (Å²) in [4.78, 5) is 10.9. The number of carbonyl (C=O) groups is 1. The average Bonchev–Trinajstić information content (AvgIpc) is 1.38. The molecule has 0 aromatic heterocycles. The molecule has 0 saturated carbocycles. The molecule has 0 aromatic carbocycles. The molecule has 0 aliphatic heterocycles. The van der Waals surface area contributed by atoms with Gasteiger partial charge in [-0.2, -0.15) is 0 Å². The summed E-state index contributed by atoms with van der Waals surface area (Å²) >= 11 is 0. The van der Waals surface area contributed by atoms with Crippen molar-refractivity contribution in [3.63, 3.8) is 0 Å². The molecule has 0 rings (SSSR count). The minimum absolute atomic E-state index is 0. The predicted octanol–water partition coefficient (Wildman–Crippen LogP) is -0.966. The van der Waals surface area contributed by atoms with Gasteiger partial charge in [0.1, 0.15) is 0 Å². The number of carbonyl (C=O) groups excluding carboxylic acids is 1. The molecule has 0 atom stereocenters. The summed E-state index contributed by atoms with van der Waals surface area (Å²) in [5.74, 6) is 0. The van der Waals surface area contributed by atoms with Gasteiger partial charge in [0.15, 0.2) is 0 Å². The molecule has 36 valence electrons. The molecule has 0 saturated heterocycles. The first kappa shape index (κ1) is 9.88. The van der Waals surface area contributed by atoms with Crippen molar-refractivity contribution < 1.29 is 6.22 Å². The minimum atomic E-state index is 0. The van der Waals surface area contributed by atoms with Crippen molar-refractivity contribution in [2.24, 2.45) is 0 Å². The second-order valence-corrected chi connectivity index (χ2v) is 1.07. The molecule has 0 fully saturated rings. The van der Waals surface area contributed by atoms with E-state index in [4.69, 9.17) is 0 Å². The molecule has 0 aromatic rings. The van der Waals surface area contributed by atoms with Gasteiger partial charge < -0.3 is 4.90 Å². The van der Waals surface area contributed by atoms with Crippen molar-refractivity contribution in [1.82, 2.24) is 4.90 Å². The molecule has 0 unspecified atom stereocenters. The first-order chi connectivity index (χ1) is 2.27. The van der Waals surface area contributed by atoms with E-state index in [-0.39, 0.29) is 39.2 Å². The molecule has 0 bridgehead atoms. The minimum Gasteiger partial charge on any atom is 0 e. The molecule has 2 nitrogen and oxygen atoms in total. The first-order valence-electron chi connectivity index (χ1n) is 1.39. The molecular weight excluding hydrogens is 106 g/mol. The number of hydrogen-bond acceptors (Lipinski definition) is 1. The number of hydrogen-bond donors (Lipinski definition) is 0. The zero-order chi connectivity index (χ0) is 4.28. The van der Waals surface area contributed by atoms with Gasteiger partial charge in [0, 0.05) is 15.5 Å². The third kappa shape index (κ3) is 8.83. The van der Waals surface area contributed by atoms with E-state index in [9.17, 15) is 4.79 Å². The van der Waals surface area contributed by atoms with Crippen molar-refractivity contribution in [1.29, 1.82) is 0 Å². The van der Waals surface area contributed by atoms with E-state index in [1.807, 2.05) is 0 Å². The smallest absolute Gasteiger partial charge is 0 e. The van der Waals surface area contributed by atoms with Gasteiger partial charge in [-0.25, -0.2) is 0 Å². The summed E-state index contributed by atoms with van der Waals surface area (Å²) < 4.78 is 0. The molecule has 0 aliphatic carbocycles. The Hall–Kier alpha value is 0.730. The molecule has 0 radical (unpaired) electrons. The Morgan fingerprint density at radius 1 is 1.67 bits per heavy atom. The summed E-state index contributed by atoms with van der Waals surface area (Å²) in [6.45, 7) is 0. The van der Waals surface area contributed by atoms with Crippen LogP contribution in [0.5, 0.6) is 0 Å². The third-order valence-corrected chi connectivity index (χ3v) is 0.211. The van der Waals surface area contributed by atoms with Crippen LogP contribution in [0.2, 0.25) is 0 Å². The SMILES string of the molecule is CN(C)C=O.[CaH2].[HH]. The van der Waals surface area contributed by atoms with Gasteiger partial charge in [-0.05, 0) is 0 Å². The van der Waals surface area contributed by atoms with Gasteiger partial charge in [-0.15, -0.1) is 0 Å². The van der Waals surface area contributed by atoms with Crippen molar-refractivity contribution in [3.8, 4) is 0 Å². The van der Waals surface area contributed by atoms with Crippen LogP contribution in [0.1, 0.15) is 1.43 Å². The van der Waals surface area contributed by atoms with E-state index in [2.05, 4.69) is 0 Å². The molecule has 6 heavy (non-hydrogen) atoms. The number of amides is 1. The van der Waals surface area contributed by atoms with Crippen LogP contribution in [-0.2, 0) is 4.79 Å². The Morgan fingerprint density at radius 3 is 1.83 bits per heavy atom. The van der Waals surface area contributed by atoms with E-state index in [1.165, 1.54) is 4.90 Å². The Bertz CT molecular complexity index is 41.9. The van der Waals surface area contributed by atoms with E-state index in [1.54, 1.807) is 14.1 Å². The molecule has 0 heterocycles. The Kier molecular flexibility index (Phi) is 9.43. The molecular formula is C3H11CaNO. The zero-order valence-corrected chi connectivity index (χ0v) is 3.43. The van der Waals surface area contributed by atoms with Gasteiger partial charge in [0.2, 0.25) is 6.41 Å². The van der Waals surface area contributed by atoms with Gasteiger partial charge in [-0.3, -0.25) is 4.79 Å². The first-order valence-corrected chi connectivity index (χ1v) is 1.39. The van der Waals surface area contributed by atoms with Crippen LogP contribution in [0.3, 0.4) is 0 Å². The monoisotopic (exact) mass is 117 g/mol. The van der Waals surface area contributed by atoms with Crippen LogP contribution >= 0.6 is 0 Å². The van der Waals surface area contributed by atoms with Crippen molar-refractivity contribution in [2.75, 3.05) is 14.1 Å². The average molecular weight is 117 g/mol. The summed E-state index contributed by atoms with van der Waals surface area (Å²) in [6.07, 6.45) is 0.750. The van der Waals surface area contributed by atoms with E-state index in [0.29, 0.717) is 0 Å². The molecule has 0 aliphatic rings. The van der Waals surface area contributed by atoms with Crippen LogP contribution in [0.15, 0.2) is 0 Å². The summed E-state index contributed by atoms with van der Waals surface area (Å²) in [6, 6.07) is 0. The number of rotatable bonds is 1. The largest absolute Gasteiger partial charge is 0 e. The molecule has 1 amide bonds. The standard InChI is InChI=1S/C3H7NO.Ca.H2.2H/c1-4(2)3-5;;;;/h3H,1-2H3;;1H;;. The predicted molar refractivity (Wildman–Crippen MR) is 30.4 cm³/mol. The second kappa shape index (κ2) is 5.73. The van der Waals surface area contributed by atoms with Gasteiger partial charge in [0.05, 0.1) is 0 Å². The fourth-order valence-corrected chi connectivity index (χ4v) is 0. The van der Waals surface area contributed by atoms with E-state index in [0.717, 1.165) is 6.41 Å². The molecule has 0 N–H and O–H groups in total. The van der Waals surface area contributed by atoms with Crippen LogP contribution in [0, 0.1) is 0 Å². The van der Waals surface area contributed by atoms with Gasteiger partial charge >= 0.3 is 37.7 Å². The van der Waals surface area contributed by atoms with Gasteiger partial charge in [-0.1, -0.05) is 0 Å². The van der Waals surface area contributed by atoms with Crippen molar-refractivity contribution in [3.05, 3.63) is 0 Å². The van der Waals surface area contributed by atoms with Crippen molar-refractivity contribution in [2.45, 2.75) is 0 Å². The van der Waals surface area contributed by atoms with Crippen LogP contribution in [0.25, 0.3) is 0 Å². The summed E-state index contributed by atoms with van der Waals surface area (Å²) in [7, 11) is 3.38. The number of nitrogens with zero attached hydrogens (tertiary/aromatic N) is 1. The molecule has 0 spiro atoms. The fraction of sp³-hybridized carbons (Fsp3) is 0.667.